The Kier molecular flexibility index (Phi) is 2.31. The van der Waals surface area contributed by atoms with Crippen molar-refractivity contribution in [3.8, 4) is 0 Å². The van der Waals surface area contributed by atoms with Gasteiger partial charge in [0.1, 0.15) is 18.2 Å². The van der Waals surface area contributed by atoms with Crippen molar-refractivity contribution in [2.75, 3.05) is 6.61 Å². The topological polar surface area (TPSA) is 9.23 Å². The number of benzene rings is 1. The highest BCUT2D eigenvalue weighted by Gasteiger charge is 2.08. The normalized spacial score (nSPS) is 14.9. The highest BCUT2D eigenvalue weighted by molar-refractivity contribution is 5.74. The molecule has 0 aromatic heterocycles. The molecule has 0 radical (unpaired) electrons. The van der Waals surface area contributed by atoms with Crippen LogP contribution in [0.25, 0.3) is 5.57 Å². The predicted octanol–water partition coefficient (Wildman–Crippen LogP) is 2.89. The molecule has 72 valence electrons. The van der Waals surface area contributed by atoms with Crippen molar-refractivity contribution < 1.29 is 13.5 Å². The van der Waals surface area contributed by atoms with Crippen LogP contribution in [0.3, 0.4) is 0 Å². The first kappa shape index (κ1) is 8.94. The second-order valence-corrected chi connectivity index (χ2v) is 2.93. The Labute approximate surface area is 80.3 Å². The summed E-state index contributed by atoms with van der Waals surface area (Å²) in [4.78, 5) is 0. The third-order valence-electron chi connectivity index (χ3n) is 1.94. The van der Waals surface area contributed by atoms with Gasteiger partial charge in [0.05, 0.1) is 6.26 Å². The standard InChI is InChI=1S/C11H8F2O/c12-9-3-4-10(11(13)6-9)8-2-1-5-14-7-8/h1-4,6-7H,5H2. The van der Waals surface area contributed by atoms with Gasteiger partial charge in [-0.1, -0.05) is 6.08 Å². The molecule has 1 aliphatic heterocycles. The zero-order valence-corrected chi connectivity index (χ0v) is 7.34. The molecule has 14 heavy (non-hydrogen) atoms. The van der Waals surface area contributed by atoms with E-state index in [1.54, 1.807) is 12.2 Å². The fraction of sp³-hybridized carbons (Fsp3) is 0.0909. The Morgan fingerprint density at radius 1 is 1.21 bits per heavy atom. The molecular weight excluding hydrogens is 186 g/mol. The molecule has 3 heteroatoms. The Morgan fingerprint density at radius 2 is 2.07 bits per heavy atom. The maximum absolute atomic E-state index is 13.3. The smallest absolute Gasteiger partial charge is 0.134 e. The van der Waals surface area contributed by atoms with Gasteiger partial charge in [0.25, 0.3) is 0 Å². The van der Waals surface area contributed by atoms with Gasteiger partial charge in [0.2, 0.25) is 0 Å². The molecule has 0 saturated carbocycles. The van der Waals surface area contributed by atoms with Crippen LogP contribution in [0, 0.1) is 11.6 Å². The van der Waals surface area contributed by atoms with Gasteiger partial charge in [-0.15, -0.1) is 0 Å². The van der Waals surface area contributed by atoms with Crippen molar-refractivity contribution in [1.82, 2.24) is 0 Å². The maximum Gasteiger partial charge on any atom is 0.134 e. The summed E-state index contributed by atoms with van der Waals surface area (Å²) in [6.45, 7) is 0.492. The van der Waals surface area contributed by atoms with Crippen LogP contribution < -0.4 is 0 Å². The van der Waals surface area contributed by atoms with Crippen molar-refractivity contribution >= 4 is 5.57 Å². The summed E-state index contributed by atoms with van der Waals surface area (Å²) in [5, 5.41) is 0. The van der Waals surface area contributed by atoms with Crippen molar-refractivity contribution in [2.45, 2.75) is 0 Å². The number of hydrogen-bond donors (Lipinski definition) is 0. The van der Waals surface area contributed by atoms with E-state index >= 15 is 0 Å². The Morgan fingerprint density at radius 3 is 2.71 bits per heavy atom. The highest BCUT2D eigenvalue weighted by atomic mass is 19.1. The van der Waals surface area contributed by atoms with Crippen LogP contribution in [0.4, 0.5) is 8.78 Å². The van der Waals surface area contributed by atoms with Gasteiger partial charge in [0, 0.05) is 17.2 Å². The molecular formula is C11H8F2O. The first-order chi connectivity index (χ1) is 6.77. The summed E-state index contributed by atoms with van der Waals surface area (Å²) in [5.74, 6) is -1.15. The molecule has 1 aromatic rings. The van der Waals surface area contributed by atoms with Gasteiger partial charge in [0.15, 0.2) is 0 Å². The molecule has 0 N–H and O–H groups in total. The maximum atomic E-state index is 13.3. The monoisotopic (exact) mass is 194 g/mol. The molecule has 1 nitrogen and oxygen atoms in total. The minimum absolute atomic E-state index is 0.349. The molecule has 0 unspecified atom stereocenters. The first-order valence-corrected chi connectivity index (χ1v) is 4.21. The Hall–Kier alpha value is -1.64. The summed E-state index contributed by atoms with van der Waals surface area (Å²) >= 11 is 0. The molecule has 0 fully saturated rings. The number of halogens is 2. The second kappa shape index (κ2) is 3.62. The Balaban J connectivity index is 2.41. The second-order valence-electron chi connectivity index (χ2n) is 2.93. The minimum atomic E-state index is -0.577. The average molecular weight is 194 g/mol. The lowest BCUT2D eigenvalue weighted by Gasteiger charge is -2.08. The minimum Gasteiger partial charge on any atom is -0.496 e. The summed E-state index contributed by atoms with van der Waals surface area (Å²) in [7, 11) is 0. The van der Waals surface area contributed by atoms with Crippen LogP contribution in [-0.2, 0) is 4.74 Å². The summed E-state index contributed by atoms with van der Waals surface area (Å²) in [6.07, 6.45) is 4.99. The molecule has 0 spiro atoms. The fourth-order valence-electron chi connectivity index (χ4n) is 1.28. The van der Waals surface area contributed by atoms with E-state index in [0.29, 0.717) is 17.7 Å². The van der Waals surface area contributed by atoms with Crippen LogP contribution in [0.2, 0.25) is 0 Å². The molecule has 1 aliphatic rings. The zero-order valence-electron chi connectivity index (χ0n) is 7.34. The molecule has 0 bridgehead atoms. The van der Waals surface area contributed by atoms with Gasteiger partial charge in [-0.2, -0.15) is 0 Å². The van der Waals surface area contributed by atoms with Crippen LogP contribution >= 0.6 is 0 Å². The van der Waals surface area contributed by atoms with E-state index in [2.05, 4.69) is 0 Å². The molecule has 0 atom stereocenters. The van der Waals surface area contributed by atoms with E-state index in [0.717, 1.165) is 6.07 Å². The van der Waals surface area contributed by atoms with Crippen molar-refractivity contribution in [2.24, 2.45) is 0 Å². The van der Waals surface area contributed by atoms with Crippen LogP contribution in [0.1, 0.15) is 5.56 Å². The van der Waals surface area contributed by atoms with E-state index in [4.69, 9.17) is 4.74 Å². The van der Waals surface area contributed by atoms with Crippen LogP contribution in [0.5, 0.6) is 0 Å². The zero-order chi connectivity index (χ0) is 9.97. The van der Waals surface area contributed by atoms with Crippen molar-refractivity contribution in [1.29, 1.82) is 0 Å². The summed E-state index contributed by atoms with van der Waals surface area (Å²) in [5.41, 5.74) is 0.969. The average Bonchev–Trinajstić information content (AvgIpc) is 2.19. The number of rotatable bonds is 1. The third kappa shape index (κ3) is 1.66. The first-order valence-electron chi connectivity index (χ1n) is 4.21. The van der Waals surface area contributed by atoms with E-state index in [1.165, 1.54) is 18.4 Å². The van der Waals surface area contributed by atoms with Crippen LogP contribution in [-0.4, -0.2) is 6.61 Å². The predicted molar refractivity (Wildman–Crippen MR) is 49.4 cm³/mol. The molecule has 0 aliphatic carbocycles. The van der Waals surface area contributed by atoms with Gasteiger partial charge < -0.3 is 4.74 Å². The van der Waals surface area contributed by atoms with Crippen LogP contribution in [0.15, 0.2) is 36.6 Å². The molecule has 1 heterocycles. The lowest BCUT2D eigenvalue weighted by atomic mass is 10.1. The summed E-state index contributed by atoms with van der Waals surface area (Å²) in [6, 6.07) is 3.48. The largest absolute Gasteiger partial charge is 0.496 e. The lowest BCUT2D eigenvalue weighted by Crippen LogP contribution is -1.95. The van der Waals surface area contributed by atoms with E-state index in [-0.39, 0.29) is 0 Å². The highest BCUT2D eigenvalue weighted by Crippen LogP contribution is 2.22. The molecule has 0 amide bonds. The number of allylic oxidation sites excluding steroid dienone is 2. The third-order valence-corrected chi connectivity index (χ3v) is 1.94. The number of hydrogen-bond acceptors (Lipinski definition) is 1. The molecule has 1 aromatic carbocycles. The summed E-state index contributed by atoms with van der Waals surface area (Å²) < 4.78 is 30.9. The van der Waals surface area contributed by atoms with Crippen molar-refractivity contribution in [3.05, 3.63) is 53.8 Å². The van der Waals surface area contributed by atoms with E-state index in [9.17, 15) is 8.78 Å². The van der Waals surface area contributed by atoms with Crippen molar-refractivity contribution in [3.63, 3.8) is 0 Å². The fourth-order valence-corrected chi connectivity index (χ4v) is 1.28. The van der Waals surface area contributed by atoms with E-state index < -0.39 is 11.6 Å². The van der Waals surface area contributed by atoms with Gasteiger partial charge in [-0.3, -0.25) is 0 Å². The van der Waals surface area contributed by atoms with Gasteiger partial charge >= 0.3 is 0 Å². The molecule has 2 rings (SSSR count). The molecule has 0 saturated heterocycles. The van der Waals surface area contributed by atoms with Gasteiger partial charge in [-0.05, 0) is 18.2 Å². The van der Waals surface area contributed by atoms with E-state index in [1.807, 2.05) is 0 Å². The number of ether oxygens (including phenoxy) is 1. The Bertz CT molecular complexity index is 408. The SMILES string of the molecule is Fc1ccc(C2=COCC=C2)c(F)c1. The lowest BCUT2D eigenvalue weighted by molar-refractivity contribution is 0.288. The quantitative estimate of drug-likeness (QED) is 0.667. The van der Waals surface area contributed by atoms with Gasteiger partial charge in [-0.25, -0.2) is 8.78 Å².